The Labute approximate surface area is 606 Å². The highest BCUT2D eigenvalue weighted by Gasteiger charge is 2.22. The summed E-state index contributed by atoms with van der Waals surface area (Å²) in [5, 5.41) is 20.1. The summed E-state index contributed by atoms with van der Waals surface area (Å²) in [6.07, 6.45) is 0. The molecule has 0 aliphatic heterocycles. The molecule has 0 aliphatic rings. The third kappa shape index (κ3) is 11.2. The Morgan fingerprint density at radius 3 is 0.788 bits per heavy atom. The predicted molar refractivity (Wildman–Crippen MR) is 447 cm³/mol. The van der Waals surface area contributed by atoms with Gasteiger partial charge in [-0.3, -0.25) is 0 Å². The van der Waals surface area contributed by atoms with E-state index in [0.717, 1.165) is 0 Å². The van der Waals surface area contributed by atoms with Gasteiger partial charge in [-0.05, 0) is 246 Å². The van der Waals surface area contributed by atoms with Crippen LogP contribution in [0.3, 0.4) is 0 Å². The van der Waals surface area contributed by atoms with Crippen molar-refractivity contribution in [2.45, 2.75) is 0 Å². The summed E-state index contributed by atoms with van der Waals surface area (Å²) in [5.41, 5.74) is 24.8. The van der Waals surface area contributed by atoms with E-state index >= 15 is 0 Å². The Kier molecular flexibility index (Phi) is 15.7. The van der Waals surface area contributed by atoms with Crippen molar-refractivity contribution in [2.24, 2.45) is 0 Å². The molecule has 0 N–H and O–H groups in total. The third-order valence-corrected chi connectivity index (χ3v) is 21.2. The minimum atomic E-state index is 1.21. The van der Waals surface area contributed by atoms with E-state index in [1.54, 1.807) is 0 Å². The Bertz CT molecular complexity index is 6500. The summed E-state index contributed by atoms with van der Waals surface area (Å²) >= 11 is 0. The van der Waals surface area contributed by atoms with Gasteiger partial charge in [0.25, 0.3) is 0 Å². The van der Waals surface area contributed by atoms with Crippen LogP contribution < -0.4 is 0 Å². The average molecular weight is 1320 g/mol. The molecule has 0 aromatic heterocycles. The highest BCUT2D eigenvalue weighted by atomic mass is 14.2. The molecule has 20 aromatic rings. The quantitative estimate of drug-likeness (QED) is 0.120. The molecule has 0 spiro atoms. The summed E-state index contributed by atoms with van der Waals surface area (Å²) in [5.74, 6) is 0. The van der Waals surface area contributed by atoms with E-state index in [9.17, 15) is 0 Å². The van der Waals surface area contributed by atoms with Crippen LogP contribution in [0, 0.1) is 0 Å². The lowest BCUT2D eigenvalue weighted by Crippen LogP contribution is -1.92. The zero-order chi connectivity index (χ0) is 68.9. The van der Waals surface area contributed by atoms with E-state index in [0.29, 0.717) is 0 Å². The maximum absolute atomic E-state index is 2.40. The first-order valence-electron chi connectivity index (χ1n) is 36.0. The van der Waals surface area contributed by atoms with E-state index in [1.165, 1.54) is 197 Å². The number of benzene rings is 20. The number of rotatable bonds is 10. The molecule has 0 atom stereocenters. The lowest BCUT2D eigenvalue weighted by atomic mass is 9.84. The van der Waals surface area contributed by atoms with Crippen LogP contribution in [0.25, 0.3) is 197 Å². The monoisotopic (exact) mass is 1320 g/mol. The molecule has 0 saturated heterocycles. The SMILES string of the molecule is c1ccc(-c2cc(-c3ccccc3)cc(-c3ccc4ccc(-c5c6ccccc6c(-c6cccc7ccccc67)c6ccccc56)cc4c3)c2)cc1.c1ccc(-c2ccc(-c3ccccc3)c(-c3ccc4ccc(-c5c6ccccc6c(-c6cccc7ccccc67)c6ccccc56)cc4c3)c2)cc1. The summed E-state index contributed by atoms with van der Waals surface area (Å²) in [4.78, 5) is 0. The minimum absolute atomic E-state index is 1.21. The fraction of sp³-hybridized carbons (Fsp3) is 0. The van der Waals surface area contributed by atoms with Gasteiger partial charge in [0.15, 0.2) is 0 Å². The molecular formula is C104H68. The predicted octanol–water partition coefficient (Wildman–Crippen LogP) is 29.3. The number of hydrogen-bond acceptors (Lipinski definition) is 0. The molecule has 20 aromatic carbocycles. The highest BCUT2D eigenvalue weighted by molar-refractivity contribution is 6.25. The maximum Gasteiger partial charge on any atom is -0.00201 e. The van der Waals surface area contributed by atoms with Crippen LogP contribution in [0.4, 0.5) is 0 Å². The Balaban J connectivity index is 0.000000143. The number of fused-ring (bicyclic) bond motifs is 8. The van der Waals surface area contributed by atoms with Crippen molar-refractivity contribution in [2.75, 3.05) is 0 Å². The molecule has 0 heterocycles. The Morgan fingerprint density at radius 1 is 0.0962 bits per heavy atom. The minimum Gasteiger partial charge on any atom is -0.0622 e. The van der Waals surface area contributed by atoms with Crippen molar-refractivity contribution >= 4 is 86.2 Å². The van der Waals surface area contributed by atoms with E-state index in [-0.39, 0.29) is 0 Å². The van der Waals surface area contributed by atoms with Crippen LogP contribution in [0.2, 0.25) is 0 Å². The van der Waals surface area contributed by atoms with E-state index in [4.69, 9.17) is 0 Å². The molecule has 484 valence electrons. The van der Waals surface area contributed by atoms with Crippen molar-refractivity contribution in [3.8, 4) is 111 Å². The zero-order valence-electron chi connectivity index (χ0n) is 57.3. The van der Waals surface area contributed by atoms with Gasteiger partial charge in [-0.2, -0.15) is 0 Å². The summed E-state index contributed by atoms with van der Waals surface area (Å²) in [7, 11) is 0. The highest BCUT2D eigenvalue weighted by Crippen LogP contribution is 2.49. The van der Waals surface area contributed by atoms with Gasteiger partial charge in [0.1, 0.15) is 0 Å². The maximum atomic E-state index is 2.40. The van der Waals surface area contributed by atoms with Crippen LogP contribution >= 0.6 is 0 Å². The molecular weight excluding hydrogens is 1250 g/mol. The van der Waals surface area contributed by atoms with Crippen LogP contribution in [0.1, 0.15) is 0 Å². The van der Waals surface area contributed by atoms with Gasteiger partial charge in [0.05, 0.1) is 0 Å². The van der Waals surface area contributed by atoms with Crippen molar-refractivity contribution < 1.29 is 0 Å². The summed E-state index contributed by atoms with van der Waals surface area (Å²) < 4.78 is 0. The molecule has 0 heteroatoms. The second kappa shape index (κ2) is 26.5. The normalized spacial score (nSPS) is 11.5. The zero-order valence-corrected chi connectivity index (χ0v) is 57.3. The molecule has 0 nitrogen and oxygen atoms in total. The first-order valence-corrected chi connectivity index (χ1v) is 36.0. The molecule has 104 heavy (non-hydrogen) atoms. The molecule has 0 aliphatic carbocycles. The van der Waals surface area contributed by atoms with Gasteiger partial charge in [0.2, 0.25) is 0 Å². The molecule has 0 unspecified atom stereocenters. The van der Waals surface area contributed by atoms with Crippen molar-refractivity contribution in [1.29, 1.82) is 0 Å². The number of hydrogen-bond donors (Lipinski definition) is 0. The summed E-state index contributed by atoms with van der Waals surface area (Å²) in [6.45, 7) is 0. The lowest BCUT2D eigenvalue weighted by Gasteiger charge is -2.19. The van der Waals surface area contributed by atoms with Gasteiger partial charge in [0, 0.05) is 0 Å². The van der Waals surface area contributed by atoms with Crippen LogP contribution in [-0.2, 0) is 0 Å². The van der Waals surface area contributed by atoms with E-state index in [1.807, 2.05) is 0 Å². The standard InChI is InChI=1S/2C52H34/c1-3-14-35(15-4-1)42-32-43(36-16-5-2-6-17-36)34-44(33-42)39-28-26-37-27-29-40(31-41(37)30-39)51-47-21-9-11-23-49(47)52(50-24-12-10-22-48(50)51)46-25-13-19-38-18-7-8-20-45(38)46;1-3-14-35(15-4-1)39-30-31-44(37-16-5-2-6-17-37)50(34-39)40-28-26-36-27-29-41(33-42(36)32-40)51-46-21-9-11-23-48(46)52(49-24-12-10-22-47(49)51)45-25-13-19-38-18-7-8-20-43(38)45/h2*1-34H. The Hall–Kier alpha value is -13.5. The Morgan fingerprint density at radius 2 is 0.375 bits per heavy atom. The second-order valence-corrected chi connectivity index (χ2v) is 27.3. The molecule has 20 rings (SSSR count). The topological polar surface area (TPSA) is 0 Å². The van der Waals surface area contributed by atoms with Gasteiger partial charge in [-0.25, -0.2) is 0 Å². The van der Waals surface area contributed by atoms with E-state index in [2.05, 4.69) is 413 Å². The van der Waals surface area contributed by atoms with Gasteiger partial charge < -0.3 is 0 Å². The van der Waals surface area contributed by atoms with Crippen molar-refractivity contribution in [3.05, 3.63) is 413 Å². The first kappa shape index (κ1) is 61.6. The van der Waals surface area contributed by atoms with Gasteiger partial charge in [-0.15, -0.1) is 0 Å². The molecule has 0 saturated carbocycles. The smallest absolute Gasteiger partial charge is 0.00201 e. The van der Waals surface area contributed by atoms with Crippen molar-refractivity contribution in [3.63, 3.8) is 0 Å². The lowest BCUT2D eigenvalue weighted by molar-refractivity contribution is 1.57. The van der Waals surface area contributed by atoms with E-state index < -0.39 is 0 Å². The molecule has 0 bridgehead atoms. The molecule has 0 fully saturated rings. The molecule has 0 amide bonds. The van der Waals surface area contributed by atoms with Gasteiger partial charge >= 0.3 is 0 Å². The first-order chi connectivity index (χ1) is 51.6. The third-order valence-electron chi connectivity index (χ3n) is 21.2. The van der Waals surface area contributed by atoms with Gasteiger partial charge in [-0.1, -0.05) is 364 Å². The fourth-order valence-electron chi connectivity index (χ4n) is 16.3. The van der Waals surface area contributed by atoms with Crippen molar-refractivity contribution in [1.82, 2.24) is 0 Å². The van der Waals surface area contributed by atoms with Crippen LogP contribution in [0.15, 0.2) is 413 Å². The fourth-order valence-corrected chi connectivity index (χ4v) is 16.3. The summed E-state index contributed by atoms with van der Waals surface area (Å²) in [6, 6.07) is 151. The van der Waals surface area contributed by atoms with Crippen LogP contribution in [0.5, 0.6) is 0 Å². The van der Waals surface area contributed by atoms with Crippen LogP contribution in [-0.4, -0.2) is 0 Å². The molecule has 0 radical (unpaired) electrons. The second-order valence-electron chi connectivity index (χ2n) is 27.3. The largest absolute Gasteiger partial charge is 0.0622 e. The average Bonchev–Trinajstić information content (AvgIpc) is 0.734.